The van der Waals surface area contributed by atoms with E-state index in [1.165, 1.54) is 36.5 Å². The largest absolute Gasteiger partial charge is 0.655 e. The Morgan fingerprint density at radius 1 is 0.857 bits per heavy atom. The Kier molecular flexibility index (Phi) is 6.09. The molecular weight excluding hydrogens is 223 g/mol. The molecule has 0 fully saturated rings. The molecule has 0 aliphatic rings. The smallest absolute Gasteiger partial charge is 0.422 e. The van der Waals surface area contributed by atoms with Gasteiger partial charge in [-0.3, -0.25) is 0 Å². The highest BCUT2D eigenvalue weighted by Gasteiger charge is 2.51. The summed E-state index contributed by atoms with van der Waals surface area (Å²) in [5, 5.41) is 0. The molecule has 0 aliphatic carbocycles. The van der Waals surface area contributed by atoms with E-state index in [4.69, 9.17) is 26.2 Å². The quantitative estimate of drug-likeness (QED) is 0.541. The van der Waals surface area contributed by atoms with Gasteiger partial charge in [-0.25, -0.2) is 0 Å². The van der Waals surface area contributed by atoms with Gasteiger partial charge in [0, 0.05) is 35.0 Å². The van der Waals surface area contributed by atoms with E-state index >= 15 is 0 Å². The first-order valence-electron chi connectivity index (χ1n) is 3.97. The van der Waals surface area contributed by atoms with E-state index in [1.54, 1.807) is 6.55 Å². The Balaban J connectivity index is 4.56. The molecule has 0 aromatic rings. The zero-order valence-corrected chi connectivity index (χ0v) is 11.4. The second-order valence-corrected chi connectivity index (χ2v) is 8.07. The van der Waals surface area contributed by atoms with Crippen molar-refractivity contribution in [3.63, 3.8) is 0 Å². The summed E-state index contributed by atoms with van der Waals surface area (Å²) in [5.41, 5.74) is 0. The normalized spacial score (nSPS) is 13.2. The van der Waals surface area contributed by atoms with Crippen LogP contribution >= 0.6 is 0 Å². The molecule has 0 saturated carbocycles. The minimum atomic E-state index is -3.08. The second-order valence-electron chi connectivity index (χ2n) is 2.49. The van der Waals surface area contributed by atoms with Crippen molar-refractivity contribution >= 4 is 25.9 Å². The highest BCUT2D eigenvalue weighted by atomic mass is 28.5. The highest BCUT2D eigenvalue weighted by molar-refractivity contribution is 6.72. The van der Waals surface area contributed by atoms with Crippen LogP contribution in [0, 0.1) is 0 Å². The lowest BCUT2D eigenvalue weighted by Crippen LogP contribution is -2.57. The first kappa shape index (κ1) is 14.3. The lowest BCUT2D eigenvalue weighted by Gasteiger charge is -2.31. The van der Waals surface area contributed by atoms with Crippen LogP contribution in [0.3, 0.4) is 0 Å². The predicted molar refractivity (Wildman–Crippen MR) is 56.1 cm³/mol. The molecule has 0 saturated heterocycles. The van der Waals surface area contributed by atoms with E-state index in [2.05, 4.69) is 0 Å². The van der Waals surface area contributed by atoms with Crippen LogP contribution in [0.25, 0.3) is 0 Å². The fourth-order valence-corrected chi connectivity index (χ4v) is 4.92. The maximum atomic E-state index is 5.54. The fraction of sp³-hybridized carbons (Fsp3) is 1.00. The van der Waals surface area contributed by atoms with Crippen LogP contribution in [0.2, 0.25) is 6.55 Å². The van der Waals surface area contributed by atoms with Gasteiger partial charge in [0.2, 0.25) is 0 Å². The van der Waals surface area contributed by atoms with E-state index in [1.807, 2.05) is 0 Å². The summed E-state index contributed by atoms with van der Waals surface area (Å²) in [6, 6.07) is 0. The molecule has 0 N–H and O–H groups in total. The Labute approximate surface area is 87.7 Å². The number of hydrogen-bond donors (Lipinski definition) is 0. The Bertz CT molecular complexity index is 154. The summed E-state index contributed by atoms with van der Waals surface area (Å²) in [5.74, 6) is 0. The lowest BCUT2D eigenvalue weighted by molar-refractivity contribution is 0.0427. The van der Waals surface area contributed by atoms with Crippen molar-refractivity contribution in [2.45, 2.75) is 6.55 Å². The molecule has 0 amide bonds. The lowest BCUT2D eigenvalue weighted by atomic mass is 10.6. The Morgan fingerprint density at radius 2 is 1.29 bits per heavy atom. The summed E-state index contributed by atoms with van der Waals surface area (Å²) in [7, 11) is 1.60. The van der Waals surface area contributed by atoms with Crippen molar-refractivity contribution in [3.05, 3.63) is 0 Å². The molecule has 0 aliphatic heterocycles. The van der Waals surface area contributed by atoms with E-state index < -0.39 is 17.9 Å². The summed E-state index contributed by atoms with van der Waals surface area (Å²) in [6.07, 6.45) is 0. The van der Waals surface area contributed by atoms with Crippen molar-refractivity contribution in [1.82, 2.24) is 0 Å². The van der Waals surface area contributed by atoms with Crippen molar-refractivity contribution in [3.8, 4) is 0 Å². The van der Waals surface area contributed by atoms with Gasteiger partial charge >= 0.3 is 17.9 Å². The Morgan fingerprint density at radius 3 is 1.50 bits per heavy atom. The zero-order chi connectivity index (χ0) is 11.2. The molecule has 0 bridgehead atoms. The molecule has 6 nitrogen and oxygen atoms in total. The molecule has 0 atom stereocenters. The molecule has 0 unspecified atom stereocenters. The van der Waals surface area contributed by atoms with Crippen LogP contribution in [0.4, 0.5) is 0 Å². The predicted octanol–water partition coefficient (Wildman–Crippen LogP) is -0.842. The molecule has 0 aromatic carbocycles. The SMILES string of the molecule is BO[Si](OC)(OC)O[Si](C)(OC)OC. The van der Waals surface area contributed by atoms with Crippen LogP contribution in [-0.4, -0.2) is 54.3 Å². The second kappa shape index (κ2) is 5.98. The van der Waals surface area contributed by atoms with Crippen molar-refractivity contribution < 1.29 is 26.2 Å². The third kappa shape index (κ3) is 3.44. The van der Waals surface area contributed by atoms with E-state index in [-0.39, 0.29) is 0 Å². The molecular formula is C5H17BO6Si2. The third-order valence-electron chi connectivity index (χ3n) is 1.80. The monoisotopic (exact) mass is 240 g/mol. The molecule has 0 spiro atoms. The summed E-state index contributed by atoms with van der Waals surface area (Å²) in [6.45, 7) is 1.73. The summed E-state index contributed by atoms with van der Waals surface area (Å²) >= 11 is 0. The minimum Gasteiger partial charge on any atom is -0.422 e. The minimum absolute atomic E-state index is 1.46. The summed E-state index contributed by atoms with van der Waals surface area (Å²) < 4.78 is 31.1. The average Bonchev–Trinajstić information content (AvgIpc) is 2.26. The third-order valence-corrected chi connectivity index (χ3v) is 7.27. The van der Waals surface area contributed by atoms with Crippen molar-refractivity contribution in [2.24, 2.45) is 0 Å². The highest BCUT2D eigenvalue weighted by Crippen LogP contribution is 2.17. The molecule has 0 rings (SSSR count). The van der Waals surface area contributed by atoms with Gasteiger partial charge in [0.25, 0.3) is 8.05 Å². The van der Waals surface area contributed by atoms with Crippen LogP contribution in [0.5, 0.6) is 0 Å². The first-order valence-corrected chi connectivity index (χ1v) is 7.83. The van der Waals surface area contributed by atoms with E-state index in [0.29, 0.717) is 0 Å². The topological polar surface area (TPSA) is 55.4 Å². The number of rotatable bonds is 7. The van der Waals surface area contributed by atoms with Gasteiger partial charge in [-0.05, 0) is 0 Å². The van der Waals surface area contributed by atoms with Gasteiger partial charge in [0.05, 0.1) is 0 Å². The maximum Gasteiger partial charge on any atom is 0.655 e. The fourth-order valence-electron chi connectivity index (χ4n) is 0.769. The molecule has 0 aromatic heterocycles. The Hall–Kier alpha value is 0.259. The first-order chi connectivity index (χ1) is 6.51. The van der Waals surface area contributed by atoms with Gasteiger partial charge in [-0.15, -0.1) is 0 Å². The van der Waals surface area contributed by atoms with Crippen molar-refractivity contribution in [1.29, 1.82) is 0 Å². The molecule has 9 heteroatoms. The van der Waals surface area contributed by atoms with Gasteiger partial charge in [-0.1, -0.05) is 0 Å². The zero-order valence-electron chi connectivity index (χ0n) is 9.45. The standard InChI is InChI=1S/C5H17BO6Si2/c1-7-13(5,8-2)12-14(9-3,10-4)11-6/h6H2,1-5H3. The van der Waals surface area contributed by atoms with Crippen LogP contribution in [0.1, 0.15) is 0 Å². The van der Waals surface area contributed by atoms with Gasteiger partial charge in [0.1, 0.15) is 0 Å². The van der Waals surface area contributed by atoms with E-state index in [0.717, 1.165) is 0 Å². The van der Waals surface area contributed by atoms with Gasteiger partial charge in [-0.2, -0.15) is 0 Å². The van der Waals surface area contributed by atoms with E-state index in [9.17, 15) is 0 Å². The molecule has 0 radical (unpaired) electrons. The number of hydrogen-bond acceptors (Lipinski definition) is 6. The molecule has 0 heterocycles. The molecule has 14 heavy (non-hydrogen) atoms. The average molecular weight is 240 g/mol. The van der Waals surface area contributed by atoms with Crippen LogP contribution in [0.15, 0.2) is 0 Å². The van der Waals surface area contributed by atoms with Crippen LogP contribution < -0.4 is 0 Å². The van der Waals surface area contributed by atoms with Crippen molar-refractivity contribution in [2.75, 3.05) is 28.4 Å². The maximum absolute atomic E-state index is 5.54. The molecule has 84 valence electrons. The van der Waals surface area contributed by atoms with Crippen LogP contribution in [-0.2, 0) is 26.2 Å². The van der Waals surface area contributed by atoms with Gasteiger partial charge < -0.3 is 26.2 Å². The van der Waals surface area contributed by atoms with Gasteiger partial charge in [0.15, 0.2) is 0 Å². The summed E-state index contributed by atoms with van der Waals surface area (Å²) in [4.78, 5) is 0.